The zero-order valence-corrected chi connectivity index (χ0v) is 13.5. The van der Waals surface area contributed by atoms with Crippen molar-refractivity contribution in [1.29, 1.82) is 0 Å². The van der Waals surface area contributed by atoms with Crippen LogP contribution in [0.15, 0.2) is 6.33 Å². The summed E-state index contributed by atoms with van der Waals surface area (Å²) < 4.78 is 0. The van der Waals surface area contributed by atoms with E-state index in [1.54, 1.807) is 16.8 Å². The van der Waals surface area contributed by atoms with E-state index >= 15 is 0 Å². The third kappa shape index (κ3) is 1.97. The molecule has 0 radical (unpaired) electrons. The van der Waals surface area contributed by atoms with E-state index in [4.69, 9.17) is 4.98 Å². The maximum Gasteiger partial charge on any atom is 0.141 e. The quantitative estimate of drug-likeness (QED) is 0.841. The maximum absolute atomic E-state index is 4.71. The Morgan fingerprint density at radius 1 is 1.23 bits per heavy atom. The van der Waals surface area contributed by atoms with Crippen LogP contribution >= 0.6 is 11.3 Å². The Bertz CT molecular complexity index is 712. The lowest BCUT2D eigenvalue weighted by Crippen LogP contribution is -2.45. The minimum absolute atomic E-state index is 0.630. The molecule has 116 valence electrons. The summed E-state index contributed by atoms with van der Waals surface area (Å²) in [5.74, 6) is 1.88. The summed E-state index contributed by atoms with van der Waals surface area (Å²) in [7, 11) is 0. The molecule has 3 aliphatic rings. The van der Waals surface area contributed by atoms with Crippen LogP contribution in [-0.4, -0.2) is 35.6 Å². The number of thiophene rings is 1. The molecule has 2 aromatic heterocycles. The smallest absolute Gasteiger partial charge is 0.141 e. The first-order valence-electron chi connectivity index (χ1n) is 8.39. The number of hydrazine groups is 1. The summed E-state index contributed by atoms with van der Waals surface area (Å²) >= 11 is 1.89. The third-order valence-corrected chi connectivity index (χ3v) is 6.62. The van der Waals surface area contributed by atoms with E-state index in [1.807, 2.05) is 11.3 Å². The van der Waals surface area contributed by atoms with E-state index in [9.17, 15) is 0 Å². The van der Waals surface area contributed by atoms with Gasteiger partial charge in [-0.2, -0.15) is 0 Å². The molecule has 0 amide bonds. The molecule has 2 saturated heterocycles. The highest BCUT2D eigenvalue weighted by atomic mass is 32.1. The topological polar surface area (TPSA) is 53.1 Å². The summed E-state index contributed by atoms with van der Waals surface area (Å²) in [6, 6.07) is 0.630. The molecule has 2 aromatic rings. The van der Waals surface area contributed by atoms with Crippen LogP contribution in [0, 0.1) is 5.92 Å². The molecule has 2 N–H and O–H groups in total. The van der Waals surface area contributed by atoms with Crippen molar-refractivity contribution in [2.24, 2.45) is 5.92 Å². The van der Waals surface area contributed by atoms with Crippen molar-refractivity contribution in [3.63, 3.8) is 0 Å². The Balaban J connectivity index is 1.57. The zero-order chi connectivity index (χ0) is 14.5. The summed E-state index contributed by atoms with van der Waals surface area (Å²) in [4.78, 5) is 14.5. The van der Waals surface area contributed by atoms with Gasteiger partial charge in [0.25, 0.3) is 0 Å². The van der Waals surface area contributed by atoms with Gasteiger partial charge in [0.15, 0.2) is 0 Å². The molecule has 2 aliphatic heterocycles. The molecule has 0 bridgehead atoms. The highest BCUT2D eigenvalue weighted by Crippen LogP contribution is 2.40. The van der Waals surface area contributed by atoms with E-state index in [2.05, 4.69) is 20.7 Å². The number of nitrogens with zero attached hydrogens (tertiary/aromatic N) is 3. The van der Waals surface area contributed by atoms with Gasteiger partial charge in [-0.3, -0.25) is 10.9 Å². The molecule has 0 aromatic carbocycles. The second-order valence-electron chi connectivity index (χ2n) is 6.71. The second kappa shape index (κ2) is 5.15. The lowest BCUT2D eigenvalue weighted by atomic mass is 9.93. The fourth-order valence-electron chi connectivity index (χ4n) is 4.26. The molecular weight excluding hydrogens is 294 g/mol. The van der Waals surface area contributed by atoms with Gasteiger partial charge in [0.2, 0.25) is 0 Å². The molecule has 5 rings (SSSR count). The summed E-state index contributed by atoms with van der Waals surface area (Å²) in [5.41, 5.74) is 8.26. The van der Waals surface area contributed by atoms with Crippen LogP contribution in [0.3, 0.4) is 0 Å². The Hall–Kier alpha value is -1.24. The number of hydrogen-bond donors (Lipinski definition) is 2. The Kier molecular flexibility index (Phi) is 3.09. The van der Waals surface area contributed by atoms with Gasteiger partial charge in [-0.25, -0.2) is 9.97 Å². The fourth-order valence-corrected chi connectivity index (χ4v) is 5.48. The monoisotopic (exact) mass is 315 g/mol. The van der Waals surface area contributed by atoms with Gasteiger partial charge in [0.05, 0.1) is 5.39 Å². The van der Waals surface area contributed by atoms with Crippen LogP contribution in [0.2, 0.25) is 0 Å². The third-order valence-electron chi connectivity index (χ3n) is 5.42. The van der Waals surface area contributed by atoms with Gasteiger partial charge < -0.3 is 4.90 Å². The molecule has 6 heteroatoms. The number of aromatic nitrogens is 2. The van der Waals surface area contributed by atoms with Crippen molar-refractivity contribution >= 4 is 27.4 Å². The first kappa shape index (κ1) is 13.2. The summed E-state index contributed by atoms with van der Waals surface area (Å²) in [6.07, 6.45) is 8.03. The SMILES string of the molecule is c1nc(N2CCC3NNCC3C2)c2c3c(sc2n1)CCCC3. The van der Waals surface area contributed by atoms with Crippen LogP contribution in [0.5, 0.6) is 0 Å². The summed E-state index contributed by atoms with van der Waals surface area (Å²) in [6.45, 7) is 3.26. The van der Waals surface area contributed by atoms with Crippen LogP contribution in [0.4, 0.5) is 5.82 Å². The van der Waals surface area contributed by atoms with Crippen LogP contribution in [-0.2, 0) is 12.8 Å². The molecule has 2 unspecified atom stereocenters. The molecule has 0 saturated carbocycles. The van der Waals surface area contributed by atoms with E-state index in [1.165, 1.54) is 48.1 Å². The van der Waals surface area contributed by atoms with Crippen molar-refractivity contribution in [3.8, 4) is 0 Å². The molecular formula is C16H21N5S. The van der Waals surface area contributed by atoms with E-state index in [0.717, 1.165) is 19.6 Å². The molecule has 2 atom stereocenters. The number of piperidine rings is 1. The highest BCUT2D eigenvalue weighted by molar-refractivity contribution is 7.19. The Labute approximate surface area is 134 Å². The van der Waals surface area contributed by atoms with Gasteiger partial charge in [-0.05, 0) is 37.7 Å². The van der Waals surface area contributed by atoms with Crippen LogP contribution in [0.1, 0.15) is 29.7 Å². The van der Waals surface area contributed by atoms with Crippen molar-refractivity contribution in [3.05, 3.63) is 16.8 Å². The first-order chi connectivity index (χ1) is 10.9. The minimum atomic E-state index is 0.630. The van der Waals surface area contributed by atoms with Crippen molar-refractivity contribution in [2.75, 3.05) is 24.5 Å². The number of aryl methyl sites for hydroxylation is 2. The van der Waals surface area contributed by atoms with Crippen molar-refractivity contribution in [1.82, 2.24) is 20.8 Å². The lowest BCUT2D eigenvalue weighted by Gasteiger charge is -2.35. The molecule has 4 heterocycles. The lowest BCUT2D eigenvalue weighted by molar-refractivity contribution is 0.383. The Morgan fingerprint density at radius 2 is 2.18 bits per heavy atom. The molecule has 0 spiro atoms. The van der Waals surface area contributed by atoms with E-state index in [0.29, 0.717) is 12.0 Å². The zero-order valence-electron chi connectivity index (χ0n) is 12.6. The van der Waals surface area contributed by atoms with Crippen LogP contribution in [0.25, 0.3) is 10.2 Å². The number of nitrogens with one attached hydrogen (secondary N) is 2. The van der Waals surface area contributed by atoms with Gasteiger partial charge >= 0.3 is 0 Å². The second-order valence-corrected chi connectivity index (χ2v) is 7.80. The van der Waals surface area contributed by atoms with Gasteiger partial charge in [0.1, 0.15) is 17.0 Å². The predicted molar refractivity (Wildman–Crippen MR) is 89.3 cm³/mol. The number of fused-ring (bicyclic) bond motifs is 4. The predicted octanol–water partition coefficient (Wildman–Crippen LogP) is 1.87. The van der Waals surface area contributed by atoms with Crippen molar-refractivity contribution < 1.29 is 0 Å². The first-order valence-corrected chi connectivity index (χ1v) is 9.20. The number of rotatable bonds is 1. The average molecular weight is 315 g/mol. The average Bonchev–Trinajstić information content (AvgIpc) is 3.17. The standard InChI is InChI=1S/C16H21N5S/c1-2-4-13-11(3-1)14-15(17-9-18-16(14)22-13)21-6-5-12-10(8-21)7-19-20-12/h9-10,12,19-20H,1-8H2. The normalized spacial score (nSPS) is 27.9. The minimum Gasteiger partial charge on any atom is -0.356 e. The van der Waals surface area contributed by atoms with E-state index in [-0.39, 0.29) is 0 Å². The van der Waals surface area contributed by atoms with Crippen LogP contribution < -0.4 is 15.8 Å². The molecule has 5 nitrogen and oxygen atoms in total. The maximum atomic E-state index is 4.71. The van der Waals surface area contributed by atoms with Gasteiger partial charge in [-0.1, -0.05) is 0 Å². The highest BCUT2D eigenvalue weighted by Gasteiger charge is 2.34. The van der Waals surface area contributed by atoms with Gasteiger partial charge in [-0.15, -0.1) is 11.3 Å². The number of anilines is 1. The van der Waals surface area contributed by atoms with E-state index < -0.39 is 0 Å². The molecule has 1 aliphatic carbocycles. The molecule has 2 fully saturated rings. The Morgan fingerprint density at radius 3 is 3.18 bits per heavy atom. The van der Waals surface area contributed by atoms with Gasteiger partial charge in [0, 0.05) is 36.5 Å². The fraction of sp³-hybridized carbons (Fsp3) is 0.625. The largest absolute Gasteiger partial charge is 0.356 e. The van der Waals surface area contributed by atoms with Crippen molar-refractivity contribution in [2.45, 2.75) is 38.1 Å². The number of hydrogen-bond acceptors (Lipinski definition) is 6. The molecule has 22 heavy (non-hydrogen) atoms. The summed E-state index contributed by atoms with van der Waals surface area (Å²) in [5, 5.41) is 1.36.